The Labute approximate surface area is 148 Å². The second-order valence-corrected chi connectivity index (χ2v) is 7.76. The van der Waals surface area contributed by atoms with E-state index in [1.165, 1.54) is 12.8 Å². The van der Waals surface area contributed by atoms with E-state index in [9.17, 15) is 4.79 Å². The maximum Gasteiger partial charge on any atom is 0.234 e. The molecule has 1 aliphatic heterocycles. The van der Waals surface area contributed by atoms with Gasteiger partial charge in [0.15, 0.2) is 0 Å². The standard InChI is InChI=1S/C19H37N3O2/c1-5-24-12-11-22-10-9-21(13-16(22)3)14-19(23)20-18-8-6-7-15(2)17(18)4/h15-18H,5-14H2,1-4H3,(H,20,23)/t15-,16-,17+,18+/m0/s1. The molecule has 0 unspecified atom stereocenters. The summed E-state index contributed by atoms with van der Waals surface area (Å²) in [5, 5.41) is 3.30. The predicted molar refractivity (Wildman–Crippen MR) is 98.1 cm³/mol. The highest BCUT2D eigenvalue weighted by Crippen LogP contribution is 2.29. The van der Waals surface area contributed by atoms with E-state index in [1.54, 1.807) is 0 Å². The van der Waals surface area contributed by atoms with Gasteiger partial charge >= 0.3 is 0 Å². The van der Waals surface area contributed by atoms with Crippen molar-refractivity contribution in [3.05, 3.63) is 0 Å². The lowest BCUT2D eigenvalue weighted by Gasteiger charge is -2.40. The van der Waals surface area contributed by atoms with Crippen molar-refractivity contribution in [1.29, 1.82) is 0 Å². The van der Waals surface area contributed by atoms with Crippen LogP contribution in [0.3, 0.4) is 0 Å². The zero-order valence-electron chi connectivity index (χ0n) is 16.1. The molecule has 1 N–H and O–H groups in total. The van der Waals surface area contributed by atoms with E-state index in [0.717, 1.165) is 51.7 Å². The lowest BCUT2D eigenvalue weighted by Crippen LogP contribution is -2.55. The van der Waals surface area contributed by atoms with Crippen LogP contribution in [0.15, 0.2) is 0 Å². The summed E-state index contributed by atoms with van der Waals surface area (Å²) in [5.74, 6) is 1.52. The summed E-state index contributed by atoms with van der Waals surface area (Å²) in [7, 11) is 0. The Morgan fingerprint density at radius 3 is 2.71 bits per heavy atom. The minimum Gasteiger partial charge on any atom is -0.380 e. The molecule has 24 heavy (non-hydrogen) atoms. The van der Waals surface area contributed by atoms with Crippen LogP contribution in [-0.4, -0.2) is 73.7 Å². The lowest BCUT2D eigenvalue weighted by atomic mass is 9.78. The minimum absolute atomic E-state index is 0.205. The summed E-state index contributed by atoms with van der Waals surface area (Å²) >= 11 is 0. The molecule has 140 valence electrons. The molecule has 4 atom stereocenters. The van der Waals surface area contributed by atoms with E-state index in [4.69, 9.17) is 4.74 Å². The molecule has 2 rings (SSSR count). The first kappa shape index (κ1) is 19.7. The maximum atomic E-state index is 12.4. The van der Waals surface area contributed by atoms with Crippen LogP contribution in [-0.2, 0) is 9.53 Å². The number of ether oxygens (including phenoxy) is 1. The molecule has 5 heteroatoms. The zero-order chi connectivity index (χ0) is 17.5. The number of hydrogen-bond acceptors (Lipinski definition) is 4. The number of piperazine rings is 1. The van der Waals surface area contributed by atoms with Crippen molar-refractivity contribution in [3.8, 4) is 0 Å². The molecule has 1 aliphatic carbocycles. The second-order valence-electron chi connectivity index (χ2n) is 7.76. The van der Waals surface area contributed by atoms with E-state index in [-0.39, 0.29) is 5.91 Å². The fraction of sp³-hybridized carbons (Fsp3) is 0.947. The molecule has 0 aromatic carbocycles. The number of amides is 1. The van der Waals surface area contributed by atoms with Gasteiger partial charge in [0.05, 0.1) is 13.2 Å². The van der Waals surface area contributed by atoms with Gasteiger partial charge in [0.1, 0.15) is 0 Å². The van der Waals surface area contributed by atoms with E-state index >= 15 is 0 Å². The first-order valence-corrected chi connectivity index (χ1v) is 9.84. The number of carbonyl (C=O) groups excluding carboxylic acids is 1. The summed E-state index contributed by atoms with van der Waals surface area (Å²) in [6, 6.07) is 0.854. The molecule has 1 saturated carbocycles. The highest BCUT2D eigenvalue weighted by molar-refractivity contribution is 5.78. The Kier molecular flexibility index (Phi) is 7.98. The Bertz CT molecular complexity index is 391. The molecule has 5 nitrogen and oxygen atoms in total. The number of nitrogens with one attached hydrogen (secondary N) is 1. The normalized spacial score (nSPS) is 32.7. The van der Waals surface area contributed by atoms with Crippen molar-refractivity contribution >= 4 is 5.91 Å². The molecule has 1 heterocycles. The molecule has 1 saturated heterocycles. The molecule has 0 aromatic rings. The predicted octanol–water partition coefficient (Wildman–Crippen LogP) is 1.97. The third-order valence-electron chi connectivity index (χ3n) is 6.00. The highest BCUT2D eigenvalue weighted by atomic mass is 16.5. The quantitative estimate of drug-likeness (QED) is 0.720. The third kappa shape index (κ3) is 5.71. The van der Waals surface area contributed by atoms with Gasteiger partial charge in [-0.15, -0.1) is 0 Å². The van der Waals surface area contributed by atoms with Gasteiger partial charge in [0, 0.05) is 44.9 Å². The third-order valence-corrected chi connectivity index (χ3v) is 6.00. The maximum absolute atomic E-state index is 12.4. The van der Waals surface area contributed by atoms with Crippen molar-refractivity contribution in [2.24, 2.45) is 11.8 Å². The van der Waals surface area contributed by atoms with Crippen LogP contribution in [0.5, 0.6) is 0 Å². The molecule has 0 spiro atoms. The minimum atomic E-state index is 0.205. The number of hydrogen-bond donors (Lipinski definition) is 1. The monoisotopic (exact) mass is 339 g/mol. The van der Waals surface area contributed by atoms with Crippen molar-refractivity contribution in [1.82, 2.24) is 15.1 Å². The molecular formula is C19H37N3O2. The van der Waals surface area contributed by atoms with E-state index in [2.05, 4.69) is 35.9 Å². The molecule has 1 amide bonds. The SMILES string of the molecule is CCOCCN1CCN(CC(=O)N[C@@H]2CCC[C@H](C)[C@H]2C)C[C@@H]1C. The Morgan fingerprint density at radius 2 is 2.00 bits per heavy atom. The van der Waals surface area contributed by atoms with E-state index in [1.807, 2.05) is 6.92 Å². The van der Waals surface area contributed by atoms with Crippen LogP contribution >= 0.6 is 0 Å². The van der Waals surface area contributed by atoms with Crippen LogP contribution in [0.2, 0.25) is 0 Å². The van der Waals surface area contributed by atoms with Crippen LogP contribution in [0, 0.1) is 11.8 Å². The molecular weight excluding hydrogens is 302 g/mol. The Balaban J connectivity index is 1.71. The first-order valence-electron chi connectivity index (χ1n) is 9.84. The smallest absolute Gasteiger partial charge is 0.234 e. The van der Waals surface area contributed by atoms with E-state index < -0.39 is 0 Å². The van der Waals surface area contributed by atoms with Gasteiger partial charge in [-0.1, -0.05) is 26.7 Å². The summed E-state index contributed by atoms with van der Waals surface area (Å²) < 4.78 is 5.46. The molecule has 0 aromatic heterocycles. The van der Waals surface area contributed by atoms with Gasteiger partial charge in [-0.25, -0.2) is 0 Å². The van der Waals surface area contributed by atoms with Crippen LogP contribution < -0.4 is 5.32 Å². The summed E-state index contributed by atoms with van der Waals surface area (Å²) in [6.45, 7) is 15.0. The van der Waals surface area contributed by atoms with E-state index in [0.29, 0.717) is 24.5 Å². The topological polar surface area (TPSA) is 44.8 Å². The Hall–Kier alpha value is -0.650. The largest absolute Gasteiger partial charge is 0.380 e. The first-order chi connectivity index (χ1) is 11.5. The summed E-state index contributed by atoms with van der Waals surface area (Å²) in [5.41, 5.74) is 0. The van der Waals surface area contributed by atoms with Gasteiger partial charge in [0.25, 0.3) is 0 Å². The van der Waals surface area contributed by atoms with Gasteiger partial charge < -0.3 is 10.1 Å². The molecule has 2 aliphatic rings. The fourth-order valence-corrected chi connectivity index (χ4v) is 4.11. The number of carbonyl (C=O) groups is 1. The second kappa shape index (κ2) is 9.73. The van der Waals surface area contributed by atoms with Crippen molar-refractivity contribution < 1.29 is 9.53 Å². The summed E-state index contributed by atoms with van der Waals surface area (Å²) in [4.78, 5) is 17.2. The lowest BCUT2D eigenvalue weighted by molar-refractivity contribution is -0.124. The van der Waals surface area contributed by atoms with Crippen LogP contribution in [0.25, 0.3) is 0 Å². The number of nitrogens with zero attached hydrogens (tertiary/aromatic N) is 2. The summed E-state index contributed by atoms with van der Waals surface area (Å²) in [6.07, 6.45) is 3.68. The molecule has 0 radical (unpaired) electrons. The van der Waals surface area contributed by atoms with Gasteiger partial charge in [0.2, 0.25) is 5.91 Å². The van der Waals surface area contributed by atoms with Gasteiger partial charge in [-0.05, 0) is 32.1 Å². The molecule has 2 fully saturated rings. The number of rotatable bonds is 7. The van der Waals surface area contributed by atoms with Gasteiger partial charge in [-0.3, -0.25) is 14.6 Å². The fourth-order valence-electron chi connectivity index (χ4n) is 4.11. The Morgan fingerprint density at radius 1 is 1.21 bits per heavy atom. The van der Waals surface area contributed by atoms with Gasteiger partial charge in [-0.2, -0.15) is 0 Å². The van der Waals surface area contributed by atoms with Crippen molar-refractivity contribution in [2.45, 2.75) is 59.0 Å². The highest BCUT2D eigenvalue weighted by Gasteiger charge is 2.29. The van der Waals surface area contributed by atoms with Crippen LogP contribution in [0.1, 0.15) is 47.0 Å². The average molecular weight is 340 g/mol. The van der Waals surface area contributed by atoms with Crippen molar-refractivity contribution in [2.75, 3.05) is 45.9 Å². The zero-order valence-corrected chi connectivity index (χ0v) is 16.1. The van der Waals surface area contributed by atoms with Crippen molar-refractivity contribution in [3.63, 3.8) is 0 Å². The van der Waals surface area contributed by atoms with Crippen LogP contribution in [0.4, 0.5) is 0 Å². The molecule has 0 bridgehead atoms. The average Bonchev–Trinajstić information content (AvgIpc) is 2.54.